The fraction of sp³-hybridized carbons (Fsp3) is 0.217. The van der Waals surface area contributed by atoms with Crippen molar-refractivity contribution in [3.8, 4) is 21.7 Å². The van der Waals surface area contributed by atoms with E-state index in [9.17, 15) is 0 Å². The van der Waals surface area contributed by atoms with E-state index in [-0.39, 0.29) is 0 Å². The van der Waals surface area contributed by atoms with E-state index in [4.69, 9.17) is 9.97 Å². The number of hydrogen-bond donors (Lipinski definition) is 0. The Morgan fingerprint density at radius 2 is 1.88 bits per heavy atom. The van der Waals surface area contributed by atoms with Gasteiger partial charge in [-0.1, -0.05) is 55.8 Å². The number of hydrogen-bond acceptors (Lipinski definition) is 3. The van der Waals surface area contributed by atoms with Gasteiger partial charge in [0.2, 0.25) is 0 Å². The molecule has 0 N–H and O–H groups in total. The molecule has 0 unspecified atom stereocenters. The van der Waals surface area contributed by atoms with Crippen LogP contribution in [0.2, 0.25) is 0 Å². The van der Waals surface area contributed by atoms with Crippen molar-refractivity contribution in [2.24, 2.45) is 0 Å². The van der Waals surface area contributed by atoms with Crippen LogP contribution in [0.3, 0.4) is 0 Å². The van der Waals surface area contributed by atoms with Crippen LogP contribution >= 0.6 is 11.3 Å². The highest BCUT2D eigenvalue weighted by atomic mass is 32.1. The number of aromatic nitrogens is 2. The van der Waals surface area contributed by atoms with Crippen molar-refractivity contribution in [2.45, 2.75) is 33.1 Å². The summed E-state index contributed by atoms with van der Waals surface area (Å²) in [5, 5.41) is 2.11. The minimum Gasteiger partial charge on any atom is -0.250 e. The lowest BCUT2D eigenvalue weighted by atomic mass is 10.1. The van der Waals surface area contributed by atoms with Crippen molar-refractivity contribution in [1.29, 1.82) is 0 Å². The number of benzene rings is 1. The van der Waals surface area contributed by atoms with E-state index in [1.807, 2.05) is 0 Å². The summed E-state index contributed by atoms with van der Waals surface area (Å²) in [7, 11) is 0. The molecular formula is C23H22N2S. The minimum absolute atomic E-state index is 0.878. The zero-order chi connectivity index (χ0) is 17.9. The number of fused-ring (bicyclic) bond motifs is 1. The predicted molar refractivity (Wildman–Crippen MR) is 111 cm³/mol. The summed E-state index contributed by atoms with van der Waals surface area (Å²) in [6.07, 6.45) is 9.81. The zero-order valence-corrected chi connectivity index (χ0v) is 16.0. The molecule has 3 aromatic rings. The lowest BCUT2D eigenvalue weighted by Crippen LogP contribution is -1.99. The molecule has 0 aliphatic heterocycles. The van der Waals surface area contributed by atoms with Crippen LogP contribution in [0.15, 0.2) is 59.5 Å². The molecule has 0 fully saturated rings. The van der Waals surface area contributed by atoms with E-state index < -0.39 is 0 Å². The second kappa shape index (κ2) is 7.38. The predicted octanol–water partition coefficient (Wildman–Crippen LogP) is 6.48. The Morgan fingerprint density at radius 1 is 1.08 bits per heavy atom. The molecule has 130 valence electrons. The van der Waals surface area contributed by atoms with Crippen LogP contribution in [0.5, 0.6) is 0 Å². The van der Waals surface area contributed by atoms with Crippen LogP contribution in [0.4, 0.5) is 0 Å². The number of nitrogens with zero attached hydrogens (tertiary/aromatic N) is 2. The van der Waals surface area contributed by atoms with Crippen LogP contribution < -0.4 is 0 Å². The average Bonchev–Trinajstić information content (AvgIpc) is 3.31. The smallest absolute Gasteiger partial charge is 0.0918 e. The van der Waals surface area contributed by atoms with Gasteiger partial charge in [-0.25, -0.2) is 9.97 Å². The maximum atomic E-state index is 4.95. The summed E-state index contributed by atoms with van der Waals surface area (Å²) < 4.78 is 0. The maximum absolute atomic E-state index is 4.95. The molecular weight excluding hydrogens is 336 g/mol. The van der Waals surface area contributed by atoms with Crippen molar-refractivity contribution in [3.05, 3.63) is 76.6 Å². The normalized spacial score (nSPS) is 13.2. The van der Waals surface area contributed by atoms with Gasteiger partial charge in [0, 0.05) is 16.9 Å². The van der Waals surface area contributed by atoms with Crippen LogP contribution in [0.25, 0.3) is 27.8 Å². The standard InChI is InChI=1S/C23H22N2S/c1-3-4-5-7-17-14-20-21(15-17)25-23(16(2)24-20)19-11-9-18(10-12-19)22-8-6-13-26-22/h5-14H,3-4,15H2,1-2H3/b7-5-. The summed E-state index contributed by atoms with van der Waals surface area (Å²) in [5.74, 6) is 0. The fourth-order valence-electron chi connectivity index (χ4n) is 3.25. The first-order valence-electron chi connectivity index (χ1n) is 9.13. The van der Waals surface area contributed by atoms with Gasteiger partial charge in [-0.05, 0) is 42.0 Å². The number of thiophene rings is 1. The van der Waals surface area contributed by atoms with Gasteiger partial charge >= 0.3 is 0 Å². The molecule has 4 rings (SSSR count). The van der Waals surface area contributed by atoms with Crippen molar-refractivity contribution in [1.82, 2.24) is 9.97 Å². The quantitative estimate of drug-likeness (QED) is 0.522. The summed E-state index contributed by atoms with van der Waals surface area (Å²) >= 11 is 1.76. The first kappa shape index (κ1) is 16.9. The molecule has 1 aliphatic carbocycles. The molecule has 0 amide bonds. The summed E-state index contributed by atoms with van der Waals surface area (Å²) in [6.45, 7) is 4.25. The van der Waals surface area contributed by atoms with Gasteiger partial charge in [0.25, 0.3) is 0 Å². The molecule has 0 saturated carbocycles. The van der Waals surface area contributed by atoms with Gasteiger partial charge in [0.05, 0.1) is 22.8 Å². The van der Waals surface area contributed by atoms with Gasteiger partial charge in [0.15, 0.2) is 0 Å². The third-order valence-electron chi connectivity index (χ3n) is 4.62. The summed E-state index contributed by atoms with van der Waals surface area (Å²) in [5.41, 5.74) is 7.78. The lowest BCUT2D eigenvalue weighted by molar-refractivity contribution is 0.956. The number of unbranched alkanes of at least 4 members (excludes halogenated alkanes) is 1. The molecule has 2 nitrogen and oxygen atoms in total. The van der Waals surface area contributed by atoms with Crippen molar-refractivity contribution < 1.29 is 0 Å². The van der Waals surface area contributed by atoms with E-state index in [1.54, 1.807) is 11.3 Å². The zero-order valence-electron chi connectivity index (χ0n) is 15.2. The molecule has 0 bridgehead atoms. The number of allylic oxidation sites excluding steroid dienone is 3. The Balaban J connectivity index is 1.60. The Kier molecular flexibility index (Phi) is 4.81. The Morgan fingerprint density at radius 3 is 2.62 bits per heavy atom. The molecule has 0 atom stereocenters. The Labute approximate surface area is 159 Å². The fourth-order valence-corrected chi connectivity index (χ4v) is 3.99. The Hall–Kier alpha value is -2.52. The van der Waals surface area contributed by atoms with E-state index in [0.717, 1.165) is 41.2 Å². The monoisotopic (exact) mass is 358 g/mol. The molecule has 26 heavy (non-hydrogen) atoms. The SMILES string of the molecule is CCC/C=C\C1=Cc2nc(C)c(-c3ccc(-c4cccs4)cc3)nc2C1. The minimum atomic E-state index is 0.878. The third-order valence-corrected chi connectivity index (χ3v) is 5.54. The van der Waals surface area contributed by atoms with Crippen molar-refractivity contribution >= 4 is 17.4 Å². The first-order valence-corrected chi connectivity index (χ1v) is 10.0. The largest absolute Gasteiger partial charge is 0.250 e. The van der Waals surface area contributed by atoms with Gasteiger partial charge in [-0.2, -0.15) is 0 Å². The van der Waals surface area contributed by atoms with E-state index in [1.165, 1.54) is 22.4 Å². The summed E-state index contributed by atoms with van der Waals surface area (Å²) in [6, 6.07) is 12.9. The van der Waals surface area contributed by atoms with E-state index in [2.05, 4.69) is 73.9 Å². The molecule has 2 aromatic heterocycles. The van der Waals surface area contributed by atoms with E-state index in [0.29, 0.717) is 0 Å². The van der Waals surface area contributed by atoms with Crippen LogP contribution in [-0.2, 0) is 6.42 Å². The van der Waals surface area contributed by atoms with E-state index >= 15 is 0 Å². The van der Waals surface area contributed by atoms with Crippen molar-refractivity contribution in [2.75, 3.05) is 0 Å². The van der Waals surface area contributed by atoms with Crippen molar-refractivity contribution in [3.63, 3.8) is 0 Å². The highest BCUT2D eigenvalue weighted by molar-refractivity contribution is 7.13. The molecule has 2 heterocycles. The second-order valence-electron chi connectivity index (χ2n) is 6.63. The molecule has 1 aromatic carbocycles. The van der Waals surface area contributed by atoms with Gasteiger partial charge < -0.3 is 0 Å². The molecule has 0 saturated heterocycles. The van der Waals surface area contributed by atoms with Crippen LogP contribution in [0, 0.1) is 6.92 Å². The molecule has 3 heteroatoms. The average molecular weight is 359 g/mol. The topological polar surface area (TPSA) is 25.8 Å². The van der Waals surface area contributed by atoms with Gasteiger partial charge in [-0.15, -0.1) is 11.3 Å². The van der Waals surface area contributed by atoms with Crippen LogP contribution in [-0.4, -0.2) is 9.97 Å². The molecule has 0 radical (unpaired) electrons. The van der Waals surface area contributed by atoms with Gasteiger partial charge in [-0.3, -0.25) is 0 Å². The van der Waals surface area contributed by atoms with Gasteiger partial charge in [0.1, 0.15) is 0 Å². The van der Waals surface area contributed by atoms with Crippen LogP contribution in [0.1, 0.15) is 36.8 Å². The Bertz CT molecular complexity index is 964. The lowest BCUT2D eigenvalue weighted by Gasteiger charge is -2.08. The highest BCUT2D eigenvalue weighted by Gasteiger charge is 2.17. The molecule has 1 aliphatic rings. The highest BCUT2D eigenvalue weighted by Crippen LogP contribution is 2.30. The maximum Gasteiger partial charge on any atom is 0.0918 e. The summed E-state index contributed by atoms with van der Waals surface area (Å²) in [4.78, 5) is 11.1. The number of aryl methyl sites for hydroxylation is 1. The second-order valence-corrected chi connectivity index (χ2v) is 7.58. The molecule has 0 spiro atoms. The number of rotatable bonds is 5. The third kappa shape index (κ3) is 3.40. The first-order chi connectivity index (χ1) is 12.7.